The molecule has 0 radical (unpaired) electrons. The number of aliphatic imine (C=N–C) groups is 1. The normalized spacial score (nSPS) is 13.1. The molecular formula is C24H25F4N3O2. The van der Waals surface area contributed by atoms with Crippen molar-refractivity contribution in [1.29, 1.82) is 0 Å². The molecule has 176 valence electrons. The van der Waals surface area contributed by atoms with E-state index in [4.69, 9.17) is 4.74 Å². The van der Waals surface area contributed by atoms with Crippen molar-refractivity contribution in [2.75, 3.05) is 13.2 Å². The van der Waals surface area contributed by atoms with Gasteiger partial charge in [0.1, 0.15) is 12.4 Å². The predicted octanol–water partition coefficient (Wildman–Crippen LogP) is 5.68. The average Bonchev–Trinajstić information content (AvgIpc) is 2.77. The lowest BCUT2D eigenvalue weighted by atomic mass is 10.0. The first-order chi connectivity index (χ1) is 15.6. The second kappa shape index (κ2) is 11.4. The van der Waals surface area contributed by atoms with Crippen LogP contribution < -0.4 is 4.74 Å². The van der Waals surface area contributed by atoms with Crippen LogP contribution in [0.4, 0.5) is 17.6 Å². The van der Waals surface area contributed by atoms with E-state index in [9.17, 15) is 22.4 Å². The Morgan fingerprint density at radius 1 is 1.30 bits per heavy atom. The summed E-state index contributed by atoms with van der Waals surface area (Å²) in [4.78, 5) is 22.5. The summed E-state index contributed by atoms with van der Waals surface area (Å²) in [5.74, 6) is -1.25. The second-order valence-corrected chi connectivity index (χ2v) is 7.09. The Morgan fingerprint density at radius 2 is 2.03 bits per heavy atom. The van der Waals surface area contributed by atoms with Crippen LogP contribution in [0.15, 0.2) is 66.5 Å². The van der Waals surface area contributed by atoms with Gasteiger partial charge in [-0.25, -0.2) is 9.37 Å². The van der Waals surface area contributed by atoms with Gasteiger partial charge in [-0.3, -0.25) is 9.79 Å². The molecule has 1 heterocycles. The molecule has 1 amide bonds. The monoisotopic (exact) mass is 463 g/mol. The SMILES string of the molecule is C=C/C=C\N=C(/C)c1cccc(F)c1C(=O)N(CC)C(C)COc1ccc(C(F)(F)F)cn1. The minimum absolute atomic E-state index is 0.0121. The average molecular weight is 463 g/mol. The van der Waals surface area contributed by atoms with Crippen molar-refractivity contribution in [2.24, 2.45) is 4.99 Å². The van der Waals surface area contributed by atoms with Gasteiger partial charge in [0.15, 0.2) is 0 Å². The molecule has 33 heavy (non-hydrogen) atoms. The fourth-order valence-corrected chi connectivity index (χ4v) is 3.06. The molecule has 0 aliphatic heterocycles. The van der Waals surface area contributed by atoms with Gasteiger partial charge in [-0.1, -0.05) is 24.8 Å². The summed E-state index contributed by atoms with van der Waals surface area (Å²) < 4.78 is 58.2. The van der Waals surface area contributed by atoms with Crippen LogP contribution >= 0.6 is 0 Å². The van der Waals surface area contributed by atoms with Gasteiger partial charge in [0, 0.05) is 36.3 Å². The zero-order valence-electron chi connectivity index (χ0n) is 18.6. The molecule has 0 spiro atoms. The summed E-state index contributed by atoms with van der Waals surface area (Å²) in [6.07, 6.45) is 0.826. The van der Waals surface area contributed by atoms with Crippen molar-refractivity contribution in [2.45, 2.75) is 33.0 Å². The molecule has 0 aliphatic carbocycles. The van der Waals surface area contributed by atoms with Crippen LogP contribution in [0.5, 0.6) is 5.88 Å². The molecule has 0 N–H and O–H groups in total. The third-order valence-corrected chi connectivity index (χ3v) is 4.78. The minimum atomic E-state index is -4.50. The maximum absolute atomic E-state index is 14.7. The highest BCUT2D eigenvalue weighted by atomic mass is 19.4. The highest BCUT2D eigenvalue weighted by Gasteiger charge is 2.31. The van der Waals surface area contributed by atoms with Crippen LogP contribution in [0.2, 0.25) is 0 Å². The number of benzene rings is 1. The van der Waals surface area contributed by atoms with Gasteiger partial charge in [0.05, 0.1) is 17.2 Å². The number of carbonyl (C=O) groups excluding carboxylic acids is 1. The van der Waals surface area contributed by atoms with E-state index in [1.807, 2.05) is 0 Å². The Bertz CT molecular complexity index is 1030. The molecule has 0 bridgehead atoms. The van der Waals surface area contributed by atoms with Gasteiger partial charge < -0.3 is 9.64 Å². The number of aromatic nitrogens is 1. The molecule has 0 aliphatic rings. The van der Waals surface area contributed by atoms with Crippen LogP contribution in [0.25, 0.3) is 0 Å². The van der Waals surface area contributed by atoms with Crippen molar-refractivity contribution in [1.82, 2.24) is 9.88 Å². The van der Waals surface area contributed by atoms with E-state index < -0.39 is 29.5 Å². The summed E-state index contributed by atoms with van der Waals surface area (Å²) in [5.41, 5.74) is -0.207. The topological polar surface area (TPSA) is 54.8 Å². The van der Waals surface area contributed by atoms with Gasteiger partial charge in [0.25, 0.3) is 5.91 Å². The number of rotatable bonds is 9. The highest BCUT2D eigenvalue weighted by Crippen LogP contribution is 2.29. The molecule has 1 aromatic carbocycles. The molecule has 1 unspecified atom stereocenters. The Labute approximate surface area is 190 Å². The van der Waals surface area contributed by atoms with Crippen LogP contribution in [0, 0.1) is 5.82 Å². The van der Waals surface area contributed by atoms with Crippen LogP contribution in [0.1, 0.15) is 42.3 Å². The number of likely N-dealkylation sites (N-methyl/N-ethyl adjacent to an activating group) is 1. The van der Waals surface area contributed by atoms with Gasteiger partial charge >= 0.3 is 6.18 Å². The lowest BCUT2D eigenvalue weighted by Crippen LogP contribution is -2.42. The zero-order valence-corrected chi connectivity index (χ0v) is 18.6. The summed E-state index contributed by atoms with van der Waals surface area (Å²) in [7, 11) is 0. The smallest absolute Gasteiger partial charge is 0.417 e. The van der Waals surface area contributed by atoms with E-state index >= 15 is 0 Å². The van der Waals surface area contributed by atoms with Crippen molar-refractivity contribution in [3.05, 3.63) is 84.0 Å². The molecular weight excluding hydrogens is 438 g/mol. The largest absolute Gasteiger partial charge is 0.475 e. The lowest BCUT2D eigenvalue weighted by Gasteiger charge is -2.29. The Balaban J connectivity index is 2.21. The van der Waals surface area contributed by atoms with Crippen molar-refractivity contribution in [3.63, 3.8) is 0 Å². The molecule has 9 heteroatoms. The van der Waals surface area contributed by atoms with E-state index in [2.05, 4.69) is 16.6 Å². The number of halogens is 4. The van der Waals surface area contributed by atoms with Crippen LogP contribution in [-0.4, -0.2) is 40.7 Å². The van der Waals surface area contributed by atoms with Crippen LogP contribution in [0.3, 0.4) is 0 Å². The highest BCUT2D eigenvalue weighted by molar-refractivity contribution is 6.09. The van der Waals surface area contributed by atoms with E-state index in [0.717, 1.165) is 12.1 Å². The fourth-order valence-electron chi connectivity index (χ4n) is 3.06. The number of nitrogens with zero attached hydrogens (tertiary/aromatic N) is 3. The number of carbonyl (C=O) groups is 1. The Kier molecular flexibility index (Phi) is 8.90. The van der Waals surface area contributed by atoms with Crippen molar-refractivity contribution < 1.29 is 27.1 Å². The van der Waals surface area contributed by atoms with E-state index in [-0.39, 0.29) is 24.6 Å². The zero-order chi connectivity index (χ0) is 24.6. The molecule has 1 atom stereocenters. The number of allylic oxidation sites excluding steroid dienone is 2. The molecule has 0 saturated heterocycles. The maximum Gasteiger partial charge on any atom is 0.417 e. The van der Waals surface area contributed by atoms with Crippen molar-refractivity contribution in [3.8, 4) is 5.88 Å². The van der Waals surface area contributed by atoms with E-state index in [0.29, 0.717) is 17.5 Å². The van der Waals surface area contributed by atoms with Gasteiger partial charge in [0.2, 0.25) is 5.88 Å². The van der Waals surface area contributed by atoms with Gasteiger partial charge in [-0.15, -0.1) is 0 Å². The predicted molar refractivity (Wildman–Crippen MR) is 119 cm³/mol. The third-order valence-electron chi connectivity index (χ3n) is 4.78. The quantitative estimate of drug-likeness (QED) is 0.273. The fraction of sp³-hybridized carbons (Fsp3) is 0.292. The molecule has 0 fully saturated rings. The number of amides is 1. The maximum atomic E-state index is 14.7. The lowest BCUT2D eigenvalue weighted by molar-refractivity contribution is -0.137. The first-order valence-corrected chi connectivity index (χ1v) is 10.2. The first-order valence-electron chi connectivity index (χ1n) is 10.2. The van der Waals surface area contributed by atoms with Crippen LogP contribution in [-0.2, 0) is 6.18 Å². The number of hydrogen-bond donors (Lipinski definition) is 0. The number of hydrogen-bond acceptors (Lipinski definition) is 4. The molecule has 2 aromatic rings. The molecule has 2 rings (SSSR count). The number of ether oxygens (including phenoxy) is 1. The molecule has 0 saturated carbocycles. The number of alkyl halides is 3. The molecule has 1 aromatic heterocycles. The molecule has 5 nitrogen and oxygen atoms in total. The van der Waals surface area contributed by atoms with E-state index in [1.165, 1.54) is 23.2 Å². The van der Waals surface area contributed by atoms with Crippen molar-refractivity contribution >= 4 is 11.6 Å². The second-order valence-electron chi connectivity index (χ2n) is 7.09. The first kappa shape index (κ1) is 25.8. The van der Waals surface area contributed by atoms with E-state index in [1.54, 1.807) is 39.0 Å². The standard InChI is InChI=1S/C24H25F4N3O2/c1-5-7-13-29-17(4)19-9-8-10-20(25)22(19)23(32)31(6-2)16(3)15-33-21-12-11-18(14-30-21)24(26,27)28/h5,7-14,16H,1,6,15H2,2-4H3/b13-7-,29-17+. The van der Waals surface area contributed by atoms with Gasteiger partial charge in [-0.2, -0.15) is 13.2 Å². The summed E-state index contributed by atoms with van der Waals surface area (Å²) in [6.45, 7) is 8.86. The number of pyridine rings is 1. The summed E-state index contributed by atoms with van der Waals surface area (Å²) >= 11 is 0. The summed E-state index contributed by atoms with van der Waals surface area (Å²) in [5, 5.41) is 0. The Morgan fingerprint density at radius 3 is 2.61 bits per heavy atom. The van der Waals surface area contributed by atoms with Gasteiger partial charge in [-0.05, 0) is 39.0 Å². The summed E-state index contributed by atoms with van der Waals surface area (Å²) in [6, 6.07) is 5.76. The minimum Gasteiger partial charge on any atom is -0.475 e. The third kappa shape index (κ3) is 6.74. The Hall–Kier alpha value is -3.49.